The van der Waals surface area contributed by atoms with E-state index in [1.165, 1.54) is 24.3 Å². The smallest absolute Gasteiger partial charge is 0.343 e. The summed E-state index contributed by atoms with van der Waals surface area (Å²) in [5.41, 5.74) is 0.895. The quantitative estimate of drug-likeness (QED) is 0.616. The molecule has 7 heteroatoms. The summed E-state index contributed by atoms with van der Waals surface area (Å²) in [6.45, 7) is 0. The van der Waals surface area contributed by atoms with Gasteiger partial charge in [0.15, 0.2) is 9.84 Å². The number of esters is 1. The molecule has 0 aliphatic heterocycles. The highest BCUT2D eigenvalue weighted by molar-refractivity contribution is 7.89. The Morgan fingerprint density at radius 2 is 1.73 bits per heavy atom. The second kappa shape index (κ2) is 6.69. The van der Waals surface area contributed by atoms with E-state index in [1.807, 2.05) is 0 Å². The van der Waals surface area contributed by atoms with Gasteiger partial charge in [0.1, 0.15) is 5.75 Å². The van der Waals surface area contributed by atoms with Gasteiger partial charge in [0, 0.05) is 11.3 Å². The summed E-state index contributed by atoms with van der Waals surface area (Å²) in [5, 5.41) is 0.671. The van der Waals surface area contributed by atoms with Crippen molar-refractivity contribution in [3.8, 4) is 5.75 Å². The van der Waals surface area contributed by atoms with Gasteiger partial charge in [-0.2, -0.15) is 0 Å². The number of rotatable bonds is 4. The summed E-state index contributed by atoms with van der Waals surface area (Å²) >= 11 is 11.7. The lowest BCUT2D eigenvalue weighted by Gasteiger charge is -2.07. The van der Waals surface area contributed by atoms with E-state index in [0.717, 1.165) is 6.26 Å². The molecule has 0 amide bonds. The van der Waals surface area contributed by atoms with Crippen molar-refractivity contribution in [2.45, 2.75) is 5.75 Å². The molecule has 0 radical (unpaired) electrons. The van der Waals surface area contributed by atoms with Gasteiger partial charge in [-0.05, 0) is 35.9 Å². The van der Waals surface area contributed by atoms with Crippen LogP contribution < -0.4 is 4.74 Å². The van der Waals surface area contributed by atoms with Gasteiger partial charge in [-0.3, -0.25) is 0 Å². The van der Waals surface area contributed by atoms with Gasteiger partial charge in [0.05, 0.1) is 16.3 Å². The monoisotopic (exact) mass is 358 g/mol. The van der Waals surface area contributed by atoms with Crippen LogP contribution in [0.3, 0.4) is 0 Å². The minimum absolute atomic E-state index is 0.0780. The molecule has 0 spiro atoms. The minimum atomic E-state index is -3.11. The molecule has 0 aliphatic carbocycles. The summed E-state index contributed by atoms with van der Waals surface area (Å²) in [4.78, 5) is 12.0. The lowest BCUT2D eigenvalue weighted by molar-refractivity contribution is 0.0735. The van der Waals surface area contributed by atoms with Crippen molar-refractivity contribution in [3.63, 3.8) is 0 Å². The summed E-state index contributed by atoms with van der Waals surface area (Å²) in [7, 11) is -3.11. The largest absolute Gasteiger partial charge is 0.421 e. The Balaban J connectivity index is 2.13. The number of benzene rings is 2. The van der Waals surface area contributed by atoms with Crippen LogP contribution in [0, 0.1) is 0 Å². The SMILES string of the molecule is CS(=O)(=O)Cc1ccc(C(=O)Oc2ccc(Cl)cc2Cl)cc1. The topological polar surface area (TPSA) is 60.4 Å². The number of hydrogen-bond acceptors (Lipinski definition) is 4. The highest BCUT2D eigenvalue weighted by Crippen LogP contribution is 2.28. The lowest BCUT2D eigenvalue weighted by atomic mass is 10.1. The van der Waals surface area contributed by atoms with Crippen molar-refractivity contribution in [1.29, 1.82) is 0 Å². The van der Waals surface area contributed by atoms with Crippen LogP contribution >= 0.6 is 23.2 Å². The predicted molar refractivity (Wildman–Crippen MR) is 86.4 cm³/mol. The lowest BCUT2D eigenvalue weighted by Crippen LogP contribution is -2.09. The molecule has 0 atom stereocenters. The molecule has 2 aromatic rings. The van der Waals surface area contributed by atoms with E-state index in [-0.39, 0.29) is 16.5 Å². The Morgan fingerprint density at radius 3 is 2.27 bits per heavy atom. The number of carbonyl (C=O) groups is 1. The third-order valence-electron chi connectivity index (χ3n) is 2.72. The maximum Gasteiger partial charge on any atom is 0.343 e. The van der Waals surface area contributed by atoms with E-state index in [0.29, 0.717) is 16.1 Å². The van der Waals surface area contributed by atoms with Crippen LogP contribution in [0.5, 0.6) is 5.75 Å². The van der Waals surface area contributed by atoms with Gasteiger partial charge in [-0.15, -0.1) is 0 Å². The summed E-state index contributed by atoms with van der Waals surface area (Å²) < 4.78 is 27.6. The van der Waals surface area contributed by atoms with Crippen LogP contribution in [-0.2, 0) is 15.6 Å². The molecule has 2 rings (SSSR count). The molecule has 116 valence electrons. The molecule has 0 aromatic heterocycles. The normalized spacial score (nSPS) is 11.2. The fourth-order valence-corrected chi connectivity index (χ4v) is 3.00. The average Bonchev–Trinajstić information content (AvgIpc) is 2.41. The Kier molecular flexibility index (Phi) is 5.11. The maximum absolute atomic E-state index is 12.0. The van der Waals surface area contributed by atoms with E-state index < -0.39 is 15.8 Å². The van der Waals surface area contributed by atoms with E-state index in [9.17, 15) is 13.2 Å². The first-order chi connectivity index (χ1) is 10.2. The molecule has 22 heavy (non-hydrogen) atoms. The number of ether oxygens (including phenoxy) is 1. The van der Waals surface area contributed by atoms with E-state index >= 15 is 0 Å². The molecule has 2 aromatic carbocycles. The predicted octanol–water partition coefficient (Wildman–Crippen LogP) is 3.76. The Hall–Kier alpha value is -1.56. The highest BCUT2D eigenvalue weighted by atomic mass is 35.5. The van der Waals surface area contributed by atoms with Gasteiger partial charge in [-0.25, -0.2) is 13.2 Å². The van der Waals surface area contributed by atoms with Crippen molar-refractivity contribution in [2.75, 3.05) is 6.26 Å². The third-order valence-corrected chi connectivity index (χ3v) is 4.10. The molecule has 0 fully saturated rings. The van der Waals surface area contributed by atoms with Crippen molar-refractivity contribution in [1.82, 2.24) is 0 Å². The zero-order chi connectivity index (χ0) is 16.3. The summed E-state index contributed by atoms with van der Waals surface area (Å²) in [5.74, 6) is -0.461. The van der Waals surface area contributed by atoms with Crippen molar-refractivity contribution in [2.24, 2.45) is 0 Å². The zero-order valence-corrected chi connectivity index (χ0v) is 13.9. The van der Waals surface area contributed by atoms with Crippen LogP contribution in [0.25, 0.3) is 0 Å². The number of hydrogen-bond donors (Lipinski definition) is 0. The standard InChI is InChI=1S/C15H12Cl2O4S/c1-22(19,20)9-10-2-4-11(5-3-10)15(18)21-14-7-6-12(16)8-13(14)17/h2-8H,9H2,1H3. The van der Waals surface area contributed by atoms with Crippen molar-refractivity contribution in [3.05, 3.63) is 63.6 Å². The van der Waals surface area contributed by atoms with E-state index in [2.05, 4.69) is 0 Å². The molecule has 0 aliphatic rings. The first-order valence-corrected chi connectivity index (χ1v) is 9.00. The fourth-order valence-electron chi connectivity index (χ4n) is 1.76. The molecular formula is C15H12Cl2O4S. The first kappa shape index (κ1) is 16.8. The average molecular weight is 359 g/mol. The van der Waals surface area contributed by atoms with Crippen LogP contribution in [0.4, 0.5) is 0 Å². The zero-order valence-electron chi connectivity index (χ0n) is 11.5. The number of halogens is 2. The Labute approximate surface area is 138 Å². The summed E-state index contributed by atoms with van der Waals surface area (Å²) in [6, 6.07) is 10.7. The van der Waals surface area contributed by atoms with Crippen LogP contribution in [0.1, 0.15) is 15.9 Å². The molecule has 0 bridgehead atoms. The Bertz CT molecular complexity index is 799. The van der Waals surface area contributed by atoms with Gasteiger partial charge in [0.25, 0.3) is 0 Å². The van der Waals surface area contributed by atoms with Gasteiger partial charge < -0.3 is 4.74 Å². The molecule has 0 N–H and O–H groups in total. The Morgan fingerprint density at radius 1 is 1.09 bits per heavy atom. The van der Waals surface area contributed by atoms with Crippen molar-refractivity contribution < 1.29 is 17.9 Å². The number of carbonyl (C=O) groups excluding carboxylic acids is 1. The molecular weight excluding hydrogens is 347 g/mol. The van der Waals surface area contributed by atoms with Crippen LogP contribution in [0.15, 0.2) is 42.5 Å². The van der Waals surface area contributed by atoms with Crippen LogP contribution in [-0.4, -0.2) is 20.6 Å². The molecule has 0 saturated carbocycles. The molecule has 4 nitrogen and oxygen atoms in total. The second-order valence-corrected chi connectivity index (χ2v) is 7.72. The summed E-state index contributed by atoms with van der Waals surface area (Å²) in [6.07, 6.45) is 1.15. The van der Waals surface area contributed by atoms with Gasteiger partial charge in [-0.1, -0.05) is 35.3 Å². The molecule has 0 unspecified atom stereocenters. The van der Waals surface area contributed by atoms with E-state index in [1.54, 1.807) is 18.2 Å². The fraction of sp³-hybridized carbons (Fsp3) is 0.133. The van der Waals surface area contributed by atoms with E-state index in [4.69, 9.17) is 27.9 Å². The van der Waals surface area contributed by atoms with Gasteiger partial charge >= 0.3 is 5.97 Å². The first-order valence-electron chi connectivity index (χ1n) is 6.18. The molecule has 0 heterocycles. The second-order valence-electron chi connectivity index (χ2n) is 4.73. The number of sulfone groups is 1. The highest BCUT2D eigenvalue weighted by Gasteiger charge is 2.12. The molecule has 0 saturated heterocycles. The van der Waals surface area contributed by atoms with Crippen LogP contribution in [0.2, 0.25) is 10.0 Å². The van der Waals surface area contributed by atoms with Crippen molar-refractivity contribution >= 4 is 39.0 Å². The van der Waals surface area contributed by atoms with Gasteiger partial charge in [0.2, 0.25) is 0 Å². The third kappa shape index (κ3) is 4.73. The maximum atomic E-state index is 12.0. The minimum Gasteiger partial charge on any atom is -0.421 e.